The molecule has 136 valence electrons. The van der Waals surface area contributed by atoms with Gasteiger partial charge >= 0.3 is 6.09 Å². The minimum absolute atomic E-state index is 0.182. The van der Waals surface area contributed by atoms with Gasteiger partial charge in [-0.15, -0.1) is 11.3 Å². The van der Waals surface area contributed by atoms with Crippen LogP contribution in [-0.2, 0) is 9.53 Å². The second-order valence-corrected chi connectivity index (χ2v) is 6.62. The molecular weight excluding hydrogens is 358 g/mol. The Bertz CT molecular complexity index is 851. The van der Waals surface area contributed by atoms with E-state index in [1.54, 1.807) is 37.6 Å². The number of rotatable bonds is 4. The molecule has 0 aliphatic carbocycles. The van der Waals surface area contributed by atoms with Crippen molar-refractivity contribution in [2.75, 3.05) is 10.7 Å². The van der Waals surface area contributed by atoms with Gasteiger partial charge in [0.1, 0.15) is 16.9 Å². The lowest BCUT2D eigenvalue weighted by Gasteiger charge is -2.12. The summed E-state index contributed by atoms with van der Waals surface area (Å²) in [7, 11) is 0. The Morgan fingerprint density at radius 2 is 2.12 bits per heavy atom. The van der Waals surface area contributed by atoms with Crippen LogP contribution in [0, 0.1) is 0 Å². The SMILES string of the molecule is CC(C)OC(=O)NC(=O)c1ccsc1NC(=O)C1NNc2ncccc21. The summed E-state index contributed by atoms with van der Waals surface area (Å²) >= 11 is 1.18. The number of pyridine rings is 1. The van der Waals surface area contributed by atoms with Crippen molar-refractivity contribution in [2.45, 2.75) is 26.0 Å². The van der Waals surface area contributed by atoms with Crippen molar-refractivity contribution < 1.29 is 19.1 Å². The first-order chi connectivity index (χ1) is 12.5. The van der Waals surface area contributed by atoms with Crippen LogP contribution in [0.25, 0.3) is 0 Å². The fraction of sp³-hybridized carbons (Fsp3) is 0.250. The van der Waals surface area contributed by atoms with Gasteiger partial charge in [-0.2, -0.15) is 0 Å². The van der Waals surface area contributed by atoms with Crippen LogP contribution in [0.3, 0.4) is 0 Å². The number of anilines is 2. The fourth-order valence-corrected chi connectivity index (χ4v) is 3.14. The Balaban J connectivity index is 1.68. The van der Waals surface area contributed by atoms with Crippen LogP contribution < -0.4 is 21.5 Å². The molecule has 1 atom stereocenters. The highest BCUT2D eigenvalue weighted by Crippen LogP contribution is 2.29. The lowest BCUT2D eigenvalue weighted by atomic mass is 10.1. The molecule has 3 rings (SSSR count). The first-order valence-corrected chi connectivity index (χ1v) is 8.70. The monoisotopic (exact) mass is 375 g/mol. The van der Waals surface area contributed by atoms with Gasteiger partial charge in [-0.3, -0.25) is 14.9 Å². The molecule has 26 heavy (non-hydrogen) atoms. The van der Waals surface area contributed by atoms with Crippen LogP contribution in [0.1, 0.15) is 35.8 Å². The number of alkyl carbamates (subject to hydrolysis) is 1. The van der Waals surface area contributed by atoms with Crippen molar-refractivity contribution in [1.82, 2.24) is 15.7 Å². The second kappa shape index (κ2) is 7.50. The van der Waals surface area contributed by atoms with Crippen molar-refractivity contribution in [3.63, 3.8) is 0 Å². The zero-order valence-corrected chi connectivity index (χ0v) is 14.8. The van der Waals surface area contributed by atoms with E-state index in [1.165, 1.54) is 17.4 Å². The molecule has 1 unspecified atom stereocenters. The smallest absolute Gasteiger partial charge is 0.414 e. The number of fused-ring (bicyclic) bond motifs is 1. The third-order valence-corrected chi connectivity index (χ3v) is 4.28. The normalized spacial score (nSPS) is 15.1. The van der Waals surface area contributed by atoms with E-state index in [0.717, 1.165) is 0 Å². The minimum Gasteiger partial charge on any atom is -0.447 e. The number of carbonyl (C=O) groups excluding carboxylic acids is 3. The summed E-state index contributed by atoms with van der Waals surface area (Å²) in [6.07, 6.45) is 0.431. The van der Waals surface area contributed by atoms with Crippen molar-refractivity contribution in [2.24, 2.45) is 0 Å². The number of amides is 3. The van der Waals surface area contributed by atoms with Gasteiger partial charge in [0.05, 0.1) is 11.7 Å². The van der Waals surface area contributed by atoms with Crippen LogP contribution >= 0.6 is 11.3 Å². The number of hydrogen-bond acceptors (Lipinski definition) is 8. The van der Waals surface area contributed by atoms with Gasteiger partial charge in [0.25, 0.3) is 5.91 Å². The van der Waals surface area contributed by atoms with E-state index < -0.39 is 18.0 Å². The molecule has 0 saturated carbocycles. The van der Waals surface area contributed by atoms with Crippen LogP contribution in [-0.4, -0.2) is 29.0 Å². The van der Waals surface area contributed by atoms with Crippen LogP contribution in [0.5, 0.6) is 0 Å². The van der Waals surface area contributed by atoms with Crippen molar-refractivity contribution >= 4 is 40.1 Å². The number of nitrogens with zero attached hydrogens (tertiary/aromatic N) is 1. The number of nitrogens with one attached hydrogen (secondary N) is 4. The topological polar surface area (TPSA) is 121 Å². The summed E-state index contributed by atoms with van der Waals surface area (Å²) in [6.45, 7) is 3.35. The maximum Gasteiger partial charge on any atom is 0.414 e. The van der Waals surface area contributed by atoms with Crippen molar-refractivity contribution in [1.29, 1.82) is 0 Å². The Kier molecular flexibility index (Phi) is 5.14. The highest BCUT2D eigenvalue weighted by Gasteiger charge is 2.30. The summed E-state index contributed by atoms with van der Waals surface area (Å²) in [5.74, 6) is -0.425. The molecule has 0 fully saturated rings. The van der Waals surface area contributed by atoms with Gasteiger partial charge in [0, 0.05) is 11.8 Å². The Morgan fingerprint density at radius 1 is 1.31 bits per heavy atom. The summed E-state index contributed by atoms with van der Waals surface area (Å²) in [4.78, 5) is 40.5. The Labute approximate surface area is 153 Å². The molecule has 10 heteroatoms. The number of imide groups is 1. The van der Waals surface area contributed by atoms with E-state index in [0.29, 0.717) is 16.4 Å². The van der Waals surface area contributed by atoms with Gasteiger partial charge in [-0.25, -0.2) is 15.2 Å². The first kappa shape index (κ1) is 17.8. The van der Waals surface area contributed by atoms with E-state index in [-0.39, 0.29) is 17.6 Å². The van der Waals surface area contributed by atoms with Gasteiger partial charge in [0.2, 0.25) is 5.91 Å². The average Bonchev–Trinajstić information content (AvgIpc) is 3.20. The Hall–Kier alpha value is -2.98. The van der Waals surface area contributed by atoms with E-state index in [2.05, 4.69) is 26.5 Å². The maximum atomic E-state index is 12.6. The number of carbonyl (C=O) groups is 3. The van der Waals surface area contributed by atoms with Gasteiger partial charge < -0.3 is 15.5 Å². The molecule has 2 aromatic heterocycles. The zero-order valence-electron chi connectivity index (χ0n) is 14.0. The highest BCUT2D eigenvalue weighted by molar-refractivity contribution is 7.14. The predicted molar refractivity (Wildman–Crippen MR) is 95.8 cm³/mol. The number of hydrazine groups is 1. The molecule has 9 nitrogen and oxygen atoms in total. The van der Waals surface area contributed by atoms with E-state index in [4.69, 9.17) is 4.74 Å². The van der Waals surface area contributed by atoms with Crippen LogP contribution in [0.4, 0.5) is 15.6 Å². The zero-order chi connectivity index (χ0) is 18.7. The molecule has 3 heterocycles. The molecule has 0 bridgehead atoms. The molecule has 1 aliphatic heterocycles. The standard InChI is InChI=1S/C16H17N5O4S/c1-8(2)25-16(24)19-13(22)10-5-7-26-15(10)18-14(23)11-9-4-3-6-17-12(9)21-20-11/h3-8,11,20H,1-2H3,(H,17,21)(H,18,23)(H,19,22,24). The molecule has 1 aliphatic rings. The van der Waals surface area contributed by atoms with E-state index >= 15 is 0 Å². The van der Waals surface area contributed by atoms with Crippen LogP contribution in [0.15, 0.2) is 29.8 Å². The van der Waals surface area contributed by atoms with Gasteiger partial charge in [-0.05, 0) is 31.4 Å². The van der Waals surface area contributed by atoms with Gasteiger partial charge in [-0.1, -0.05) is 6.07 Å². The molecule has 4 N–H and O–H groups in total. The van der Waals surface area contributed by atoms with Crippen molar-refractivity contribution in [3.05, 3.63) is 40.9 Å². The van der Waals surface area contributed by atoms with Crippen molar-refractivity contribution in [3.8, 4) is 0 Å². The third-order valence-electron chi connectivity index (χ3n) is 3.45. The number of aromatic nitrogens is 1. The summed E-state index contributed by atoms with van der Waals surface area (Å²) in [6, 6.07) is 4.39. The fourth-order valence-electron chi connectivity index (χ4n) is 2.35. The maximum absolute atomic E-state index is 12.6. The summed E-state index contributed by atoms with van der Waals surface area (Å²) in [5, 5.41) is 6.82. The molecule has 0 saturated heterocycles. The predicted octanol–water partition coefficient (Wildman–Crippen LogP) is 2.03. The lowest BCUT2D eigenvalue weighted by Crippen LogP contribution is -2.34. The second-order valence-electron chi connectivity index (χ2n) is 5.70. The molecule has 3 amide bonds. The lowest BCUT2D eigenvalue weighted by molar-refractivity contribution is -0.118. The van der Waals surface area contributed by atoms with E-state index in [1.807, 2.05) is 0 Å². The summed E-state index contributed by atoms with van der Waals surface area (Å²) < 4.78 is 4.88. The quantitative estimate of drug-likeness (QED) is 0.645. The largest absolute Gasteiger partial charge is 0.447 e. The Morgan fingerprint density at radius 3 is 2.88 bits per heavy atom. The van der Waals surface area contributed by atoms with Crippen LogP contribution in [0.2, 0.25) is 0 Å². The van der Waals surface area contributed by atoms with E-state index in [9.17, 15) is 14.4 Å². The number of hydrogen-bond donors (Lipinski definition) is 4. The number of thiophene rings is 1. The number of ether oxygens (including phenoxy) is 1. The highest BCUT2D eigenvalue weighted by atomic mass is 32.1. The molecule has 0 aromatic carbocycles. The summed E-state index contributed by atoms with van der Waals surface area (Å²) in [5.41, 5.74) is 6.56. The molecule has 0 spiro atoms. The first-order valence-electron chi connectivity index (χ1n) is 7.82. The molecule has 0 radical (unpaired) electrons. The molecule has 2 aromatic rings. The molecular formula is C16H17N5O4S. The average molecular weight is 375 g/mol. The third kappa shape index (κ3) is 3.81. The minimum atomic E-state index is -0.838. The van der Waals surface area contributed by atoms with Gasteiger partial charge in [0.15, 0.2) is 0 Å².